The van der Waals surface area contributed by atoms with E-state index in [-0.39, 0.29) is 23.6 Å². The molecule has 0 spiro atoms. The molecule has 27 heavy (non-hydrogen) atoms. The number of thiophene rings is 1. The minimum atomic E-state index is -0.814. The fraction of sp³-hybridized carbons (Fsp3) is 0.381. The molecular formula is C21H23NO4S. The van der Waals surface area contributed by atoms with Gasteiger partial charge >= 0.3 is 5.97 Å². The smallest absolute Gasteiger partial charge is 0.309 e. The minimum absolute atomic E-state index is 0.0136. The number of ether oxygens (including phenoxy) is 1. The van der Waals surface area contributed by atoms with Gasteiger partial charge in [-0.2, -0.15) is 0 Å². The van der Waals surface area contributed by atoms with Gasteiger partial charge in [0.1, 0.15) is 0 Å². The monoisotopic (exact) mass is 385 g/mol. The van der Waals surface area contributed by atoms with E-state index < -0.39 is 6.10 Å². The van der Waals surface area contributed by atoms with E-state index >= 15 is 0 Å². The molecule has 1 aromatic heterocycles. The summed E-state index contributed by atoms with van der Waals surface area (Å²) in [5, 5.41) is 1.88. The quantitative estimate of drug-likeness (QED) is 0.581. The lowest BCUT2D eigenvalue weighted by atomic mass is 9.96. The second-order valence-electron chi connectivity index (χ2n) is 6.85. The van der Waals surface area contributed by atoms with Crippen LogP contribution in [-0.2, 0) is 9.53 Å². The van der Waals surface area contributed by atoms with Crippen LogP contribution in [0.25, 0.3) is 0 Å². The van der Waals surface area contributed by atoms with Crippen molar-refractivity contribution in [2.75, 3.05) is 13.1 Å². The summed E-state index contributed by atoms with van der Waals surface area (Å²) >= 11 is 1.42. The maximum absolute atomic E-state index is 12.4. The second kappa shape index (κ2) is 8.48. The summed E-state index contributed by atoms with van der Waals surface area (Å²) in [5.74, 6) is -0.815. The maximum Gasteiger partial charge on any atom is 0.309 e. The molecule has 6 heteroatoms. The van der Waals surface area contributed by atoms with Gasteiger partial charge in [-0.25, -0.2) is 0 Å². The average Bonchev–Trinajstić information content (AvgIpc) is 3.22. The van der Waals surface area contributed by atoms with Gasteiger partial charge in [-0.1, -0.05) is 35.9 Å². The molecule has 1 aliphatic heterocycles. The number of hydrogen-bond acceptors (Lipinski definition) is 5. The van der Waals surface area contributed by atoms with Crippen LogP contribution in [0.1, 0.15) is 45.4 Å². The number of ketones is 1. The maximum atomic E-state index is 12.4. The Labute approximate surface area is 162 Å². The van der Waals surface area contributed by atoms with E-state index in [0.29, 0.717) is 36.4 Å². The standard InChI is InChI=1S/C21H23NO4S/c1-14-5-7-16(8-6-14)19(23)15(2)26-21(25)17-9-11-22(12-10-17)20(24)18-4-3-13-27-18/h3-8,13,15,17H,9-12H2,1-2H3/t15-/m0/s1. The van der Waals surface area contributed by atoms with E-state index in [4.69, 9.17) is 4.74 Å². The SMILES string of the molecule is Cc1ccc(C(=O)[C@H](C)OC(=O)C2CCN(C(=O)c3cccs3)CC2)cc1. The highest BCUT2D eigenvalue weighted by atomic mass is 32.1. The van der Waals surface area contributed by atoms with E-state index in [1.165, 1.54) is 11.3 Å². The molecular weight excluding hydrogens is 362 g/mol. The number of nitrogens with zero attached hydrogens (tertiary/aromatic N) is 1. The molecule has 0 unspecified atom stereocenters. The number of carbonyl (C=O) groups excluding carboxylic acids is 3. The zero-order valence-corrected chi connectivity index (χ0v) is 16.3. The van der Waals surface area contributed by atoms with Gasteiger partial charge < -0.3 is 9.64 Å². The van der Waals surface area contributed by atoms with Gasteiger partial charge in [-0.05, 0) is 38.1 Å². The highest BCUT2D eigenvalue weighted by Gasteiger charge is 2.31. The molecule has 0 bridgehead atoms. The third-order valence-corrected chi connectivity index (χ3v) is 5.70. The van der Waals surface area contributed by atoms with Crippen molar-refractivity contribution < 1.29 is 19.1 Å². The first kappa shape index (κ1) is 19.3. The molecule has 3 rings (SSSR count). The Morgan fingerprint density at radius 3 is 2.37 bits per heavy atom. The van der Waals surface area contributed by atoms with Crippen molar-refractivity contribution in [3.05, 3.63) is 57.8 Å². The summed E-state index contributed by atoms with van der Waals surface area (Å²) in [6, 6.07) is 10.9. The van der Waals surface area contributed by atoms with Gasteiger partial charge in [0.05, 0.1) is 10.8 Å². The predicted molar refractivity (Wildman–Crippen MR) is 104 cm³/mol. The first-order chi connectivity index (χ1) is 13.0. The molecule has 1 saturated heterocycles. The molecule has 1 aromatic carbocycles. The van der Waals surface area contributed by atoms with Gasteiger partial charge in [-0.15, -0.1) is 11.3 Å². The van der Waals surface area contributed by atoms with E-state index in [0.717, 1.165) is 5.56 Å². The van der Waals surface area contributed by atoms with Crippen LogP contribution in [0.3, 0.4) is 0 Å². The van der Waals surface area contributed by atoms with Crippen LogP contribution in [0.2, 0.25) is 0 Å². The summed E-state index contributed by atoms with van der Waals surface area (Å²) in [4.78, 5) is 39.7. The highest BCUT2D eigenvalue weighted by Crippen LogP contribution is 2.22. The summed E-state index contributed by atoms with van der Waals surface area (Å²) in [5.41, 5.74) is 1.61. The molecule has 2 aromatic rings. The zero-order chi connectivity index (χ0) is 19.4. The minimum Gasteiger partial charge on any atom is -0.454 e. The lowest BCUT2D eigenvalue weighted by Gasteiger charge is -2.31. The Bertz CT molecular complexity index is 805. The zero-order valence-electron chi connectivity index (χ0n) is 15.5. The number of aryl methyl sites for hydroxylation is 1. The third kappa shape index (κ3) is 4.63. The Balaban J connectivity index is 1.51. The van der Waals surface area contributed by atoms with E-state index in [2.05, 4.69) is 0 Å². The number of amides is 1. The van der Waals surface area contributed by atoms with Crippen molar-refractivity contribution >= 4 is 29.0 Å². The molecule has 2 heterocycles. The van der Waals surface area contributed by atoms with E-state index in [9.17, 15) is 14.4 Å². The Morgan fingerprint density at radius 1 is 1.11 bits per heavy atom. The van der Waals surface area contributed by atoms with Crippen molar-refractivity contribution in [2.45, 2.75) is 32.8 Å². The van der Waals surface area contributed by atoms with Gasteiger partial charge in [0.15, 0.2) is 6.10 Å². The van der Waals surface area contributed by atoms with Crippen LogP contribution < -0.4 is 0 Å². The first-order valence-electron chi connectivity index (χ1n) is 9.10. The second-order valence-corrected chi connectivity index (χ2v) is 7.80. The molecule has 0 saturated carbocycles. The average molecular weight is 385 g/mol. The van der Waals surface area contributed by atoms with Crippen molar-refractivity contribution in [1.29, 1.82) is 0 Å². The van der Waals surface area contributed by atoms with Gasteiger partial charge in [-0.3, -0.25) is 14.4 Å². The van der Waals surface area contributed by atoms with Crippen molar-refractivity contribution in [1.82, 2.24) is 4.90 Å². The fourth-order valence-electron chi connectivity index (χ4n) is 3.15. The van der Waals surface area contributed by atoms with Gasteiger partial charge in [0.2, 0.25) is 5.78 Å². The molecule has 0 radical (unpaired) electrons. The van der Waals surface area contributed by atoms with Crippen molar-refractivity contribution in [3.63, 3.8) is 0 Å². The summed E-state index contributed by atoms with van der Waals surface area (Å²) in [7, 11) is 0. The van der Waals surface area contributed by atoms with Crippen molar-refractivity contribution in [3.8, 4) is 0 Å². The summed E-state index contributed by atoms with van der Waals surface area (Å²) in [6.45, 7) is 4.61. The number of benzene rings is 1. The molecule has 1 atom stereocenters. The molecule has 0 N–H and O–H groups in total. The fourth-order valence-corrected chi connectivity index (χ4v) is 3.84. The third-order valence-electron chi connectivity index (χ3n) is 4.85. The van der Waals surface area contributed by atoms with Crippen LogP contribution in [0, 0.1) is 12.8 Å². The molecule has 1 amide bonds. The number of piperidine rings is 1. The number of rotatable bonds is 5. The van der Waals surface area contributed by atoms with Crippen LogP contribution >= 0.6 is 11.3 Å². The number of esters is 1. The van der Waals surface area contributed by atoms with Crippen LogP contribution in [0.15, 0.2) is 41.8 Å². The highest BCUT2D eigenvalue weighted by molar-refractivity contribution is 7.12. The normalized spacial score (nSPS) is 16.0. The number of likely N-dealkylation sites (tertiary alicyclic amines) is 1. The summed E-state index contributed by atoms with van der Waals surface area (Å²) < 4.78 is 5.41. The predicted octanol–water partition coefficient (Wildman–Crippen LogP) is 3.72. The first-order valence-corrected chi connectivity index (χ1v) is 9.98. The number of carbonyl (C=O) groups is 3. The number of Topliss-reactive ketones (excluding diaryl/α,β-unsaturated/α-hetero) is 1. The largest absolute Gasteiger partial charge is 0.454 e. The van der Waals surface area contributed by atoms with Gasteiger partial charge in [0, 0.05) is 18.7 Å². The Morgan fingerprint density at radius 2 is 1.78 bits per heavy atom. The molecule has 142 valence electrons. The topological polar surface area (TPSA) is 63.7 Å². The number of hydrogen-bond donors (Lipinski definition) is 0. The molecule has 0 aliphatic carbocycles. The lowest BCUT2D eigenvalue weighted by Crippen LogP contribution is -2.41. The summed E-state index contributed by atoms with van der Waals surface area (Å²) in [6.07, 6.45) is 0.300. The van der Waals surface area contributed by atoms with Crippen LogP contribution in [0.5, 0.6) is 0 Å². The van der Waals surface area contributed by atoms with Crippen LogP contribution in [-0.4, -0.2) is 41.8 Å². The van der Waals surface area contributed by atoms with Gasteiger partial charge in [0.25, 0.3) is 5.91 Å². The van der Waals surface area contributed by atoms with Crippen molar-refractivity contribution in [2.24, 2.45) is 5.92 Å². The Hall–Kier alpha value is -2.47. The lowest BCUT2D eigenvalue weighted by molar-refractivity contribution is -0.152. The van der Waals surface area contributed by atoms with E-state index in [1.807, 2.05) is 36.6 Å². The molecule has 1 fully saturated rings. The van der Waals surface area contributed by atoms with E-state index in [1.54, 1.807) is 24.0 Å². The Kier molecular flexibility index (Phi) is 6.06. The van der Waals surface area contributed by atoms with Crippen LogP contribution in [0.4, 0.5) is 0 Å². The molecule has 5 nitrogen and oxygen atoms in total. The molecule has 1 aliphatic rings.